The van der Waals surface area contributed by atoms with E-state index in [0.717, 1.165) is 10.4 Å². The minimum atomic E-state index is -4.19. The van der Waals surface area contributed by atoms with Gasteiger partial charge >= 0.3 is 5.97 Å². The summed E-state index contributed by atoms with van der Waals surface area (Å²) in [5, 5.41) is 11.3. The van der Waals surface area contributed by atoms with Crippen LogP contribution in [-0.2, 0) is 14.8 Å². The van der Waals surface area contributed by atoms with Crippen LogP contribution >= 0.6 is 11.6 Å². The number of rotatable bonds is 8. The molecular weight excluding hydrogens is 420 g/mol. The van der Waals surface area contributed by atoms with E-state index in [4.69, 9.17) is 16.3 Å². The molecule has 29 heavy (non-hydrogen) atoms. The van der Waals surface area contributed by atoms with Crippen molar-refractivity contribution < 1.29 is 22.9 Å². The molecular formula is C19H19ClN2O6S. The van der Waals surface area contributed by atoms with Gasteiger partial charge in [0.05, 0.1) is 39.2 Å². The number of halogens is 1. The van der Waals surface area contributed by atoms with E-state index in [-0.39, 0.29) is 40.0 Å². The molecule has 0 radical (unpaired) electrons. The van der Waals surface area contributed by atoms with E-state index in [1.165, 1.54) is 43.3 Å². The Morgan fingerprint density at radius 1 is 1.31 bits per heavy atom. The molecule has 10 heteroatoms. The zero-order valence-corrected chi connectivity index (χ0v) is 17.4. The smallest absolute Gasteiger partial charge is 0.339 e. The number of carbonyl (C=O) groups excluding carboxylic acids is 1. The van der Waals surface area contributed by atoms with Crippen LogP contribution in [0.5, 0.6) is 0 Å². The molecule has 154 valence electrons. The lowest BCUT2D eigenvalue weighted by molar-refractivity contribution is -0.385. The first-order chi connectivity index (χ1) is 13.6. The highest BCUT2D eigenvalue weighted by molar-refractivity contribution is 7.92. The molecule has 8 nitrogen and oxygen atoms in total. The fraction of sp³-hybridized carbons (Fsp3) is 0.211. The Kier molecular flexibility index (Phi) is 6.99. The monoisotopic (exact) mass is 438 g/mol. The minimum absolute atomic E-state index is 0.00478. The summed E-state index contributed by atoms with van der Waals surface area (Å²) in [6, 6.07) is 7.76. The van der Waals surface area contributed by atoms with Crippen LogP contribution in [0.2, 0.25) is 5.02 Å². The van der Waals surface area contributed by atoms with Crippen LogP contribution in [0.1, 0.15) is 22.8 Å². The Bertz CT molecular complexity index is 1070. The van der Waals surface area contributed by atoms with E-state index >= 15 is 0 Å². The van der Waals surface area contributed by atoms with E-state index in [1.807, 2.05) is 0 Å². The van der Waals surface area contributed by atoms with Crippen molar-refractivity contribution in [2.24, 2.45) is 0 Å². The predicted octanol–water partition coefficient (Wildman–Crippen LogP) is 4.11. The number of esters is 1. The fourth-order valence-electron chi connectivity index (χ4n) is 2.57. The van der Waals surface area contributed by atoms with Crippen molar-refractivity contribution >= 4 is 39.0 Å². The third kappa shape index (κ3) is 4.75. The number of ether oxygens (including phenoxy) is 1. The molecule has 0 aromatic heterocycles. The summed E-state index contributed by atoms with van der Waals surface area (Å²) in [4.78, 5) is 22.4. The van der Waals surface area contributed by atoms with Crippen molar-refractivity contribution in [2.45, 2.75) is 18.7 Å². The van der Waals surface area contributed by atoms with Crippen molar-refractivity contribution in [3.05, 3.63) is 75.3 Å². The first kappa shape index (κ1) is 22.4. The van der Waals surface area contributed by atoms with Gasteiger partial charge < -0.3 is 4.74 Å². The van der Waals surface area contributed by atoms with Crippen molar-refractivity contribution in [3.8, 4) is 0 Å². The van der Waals surface area contributed by atoms with Crippen LogP contribution in [0.4, 0.5) is 11.4 Å². The van der Waals surface area contributed by atoms with Gasteiger partial charge in [-0.1, -0.05) is 23.7 Å². The molecule has 0 N–H and O–H groups in total. The van der Waals surface area contributed by atoms with Crippen LogP contribution in [0.15, 0.2) is 53.9 Å². The number of hydrogen-bond donors (Lipinski definition) is 0. The van der Waals surface area contributed by atoms with Gasteiger partial charge in [0.25, 0.3) is 15.7 Å². The fourth-order valence-corrected chi connectivity index (χ4v) is 4.21. The lowest BCUT2D eigenvalue weighted by Gasteiger charge is -2.24. The van der Waals surface area contributed by atoms with E-state index in [0.29, 0.717) is 5.56 Å². The second kappa shape index (κ2) is 9.06. The molecule has 0 spiro atoms. The second-order valence-electron chi connectivity index (χ2n) is 5.91. The molecule has 0 aliphatic heterocycles. The quantitative estimate of drug-likeness (QED) is 0.265. The van der Waals surface area contributed by atoms with Gasteiger partial charge in [0.2, 0.25) is 0 Å². The van der Waals surface area contributed by atoms with Crippen molar-refractivity contribution in [1.29, 1.82) is 0 Å². The average Bonchev–Trinajstić information content (AvgIpc) is 2.66. The number of carbonyl (C=O) groups is 1. The number of sulfonamides is 1. The molecule has 0 aliphatic carbocycles. The topological polar surface area (TPSA) is 107 Å². The minimum Gasteiger partial charge on any atom is -0.462 e. The maximum absolute atomic E-state index is 13.2. The van der Waals surface area contributed by atoms with E-state index in [9.17, 15) is 23.3 Å². The number of nitro groups is 1. The highest BCUT2D eigenvalue weighted by Crippen LogP contribution is 2.30. The zero-order chi connectivity index (χ0) is 21.8. The van der Waals surface area contributed by atoms with Gasteiger partial charge in [-0.3, -0.25) is 14.4 Å². The van der Waals surface area contributed by atoms with Gasteiger partial charge in [0.1, 0.15) is 0 Å². The number of hydrogen-bond acceptors (Lipinski definition) is 6. The van der Waals surface area contributed by atoms with Crippen LogP contribution in [0.3, 0.4) is 0 Å². The maximum atomic E-state index is 13.2. The van der Waals surface area contributed by atoms with Gasteiger partial charge in [-0.25, -0.2) is 13.2 Å². The molecule has 0 amide bonds. The molecule has 2 aromatic carbocycles. The van der Waals surface area contributed by atoms with Gasteiger partial charge in [-0.2, -0.15) is 0 Å². The summed E-state index contributed by atoms with van der Waals surface area (Å²) in [7, 11) is -4.19. The second-order valence-corrected chi connectivity index (χ2v) is 8.18. The normalized spacial score (nSPS) is 11.0. The SMILES string of the molecule is C=CCN(c1ccc(Cl)c(C(=O)OCC)c1)S(=O)(=O)c1ccc(C)c([N+](=O)[O-])c1. The first-order valence-corrected chi connectivity index (χ1v) is 10.3. The van der Waals surface area contributed by atoms with Crippen LogP contribution in [0, 0.1) is 17.0 Å². The third-order valence-corrected chi connectivity index (χ3v) is 6.11. The standard InChI is InChI=1S/C19H19ClN2O6S/c1-4-10-21(14-7-9-17(20)16(11-14)19(23)28-5-2)29(26,27)15-8-6-13(3)18(12-15)22(24)25/h4,6-9,11-12H,1,5,10H2,2-3H3. The van der Waals surface area contributed by atoms with Gasteiger partial charge in [-0.05, 0) is 38.1 Å². The lowest BCUT2D eigenvalue weighted by atomic mass is 10.2. The van der Waals surface area contributed by atoms with Crippen molar-refractivity contribution in [3.63, 3.8) is 0 Å². The summed E-state index contributed by atoms with van der Waals surface area (Å²) in [6.07, 6.45) is 1.36. The molecule has 0 aliphatic rings. The first-order valence-electron chi connectivity index (χ1n) is 8.48. The van der Waals surface area contributed by atoms with E-state index in [2.05, 4.69) is 6.58 Å². The average molecular weight is 439 g/mol. The number of nitrogens with zero attached hydrogens (tertiary/aromatic N) is 2. The number of aryl methyl sites for hydroxylation is 1. The van der Waals surface area contributed by atoms with Crippen molar-refractivity contribution in [2.75, 3.05) is 17.5 Å². The number of nitro benzene ring substituents is 1. The molecule has 0 saturated carbocycles. The Labute approximate surface area is 173 Å². The molecule has 0 bridgehead atoms. The summed E-state index contributed by atoms with van der Waals surface area (Å²) >= 11 is 6.05. The predicted molar refractivity (Wildman–Crippen MR) is 110 cm³/mol. The van der Waals surface area contributed by atoms with Gasteiger partial charge in [0, 0.05) is 11.6 Å². The van der Waals surface area contributed by atoms with E-state index < -0.39 is 20.9 Å². The molecule has 0 saturated heterocycles. The van der Waals surface area contributed by atoms with Crippen LogP contribution < -0.4 is 4.31 Å². The molecule has 0 heterocycles. The van der Waals surface area contributed by atoms with E-state index in [1.54, 1.807) is 6.92 Å². The van der Waals surface area contributed by atoms with Gasteiger partial charge in [0.15, 0.2) is 0 Å². The highest BCUT2D eigenvalue weighted by atomic mass is 35.5. The summed E-state index contributed by atoms with van der Waals surface area (Å²) in [5.74, 6) is -0.693. The van der Waals surface area contributed by atoms with Crippen LogP contribution in [0.25, 0.3) is 0 Å². The van der Waals surface area contributed by atoms with Crippen molar-refractivity contribution in [1.82, 2.24) is 0 Å². The Morgan fingerprint density at radius 2 is 2.00 bits per heavy atom. The summed E-state index contributed by atoms with van der Waals surface area (Å²) in [6.45, 7) is 6.71. The van der Waals surface area contributed by atoms with Gasteiger partial charge in [-0.15, -0.1) is 6.58 Å². The summed E-state index contributed by atoms with van der Waals surface area (Å²) in [5.41, 5.74) is 0.166. The molecule has 0 unspecified atom stereocenters. The highest BCUT2D eigenvalue weighted by Gasteiger charge is 2.28. The number of anilines is 1. The maximum Gasteiger partial charge on any atom is 0.339 e. The summed E-state index contributed by atoms with van der Waals surface area (Å²) < 4.78 is 32.3. The Morgan fingerprint density at radius 3 is 2.59 bits per heavy atom. The number of benzene rings is 2. The largest absolute Gasteiger partial charge is 0.462 e. The zero-order valence-electron chi connectivity index (χ0n) is 15.8. The lowest BCUT2D eigenvalue weighted by Crippen LogP contribution is -2.31. The molecule has 2 aromatic rings. The third-order valence-electron chi connectivity index (χ3n) is 3.99. The Hall–Kier alpha value is -2.91. The molecule has 0 fully saturated rings. The molecule has 0 atom stereocenters. The van der Waals surface area contributed by atoms with Crippen LogP contribution in [-0.4, -0.2) is 32.5 Å². The Balaban J connectivity index is 2.60. The molecule has 2 rings (SSSR count).